The second kappa shape index (κ2) is 8.04. The number of amides is 2. The molecule has 138 valence electrons. The van der Waals surface area contributed by atoms with Crippen molar-refractivity contribution in [1.82, 2.24) is 4.90 Å². The van der Waals surface area contributed by atoms with Gasteiger partial charge in [0.2, 0.25) is 0 Å². The van der Waals surface area contributed by atoms with Gasteiger partial charge in [0.25, 0.3) is 11.8 Å². The number of carbonyl (C=O) groups is 2. The molecule has 0 aliphatic rings. The highest BCUT2D eigenvalue weighted by molar-refractivity contribution is 5.94. The van der Waals surface area contributed by atoms with E-state index in [1.807, 2.05) is 0 Å². The minimum Gasteiger partial charge on any atom is -0.484 e. The summed E-state index contributed by atoms with van der Waals surface area (Å²) in [5.74, 6) is -0.116. The van der Waals surface area contributed by atoms with E-state index in [1.54, 1.807) is 36.2 Å². The van der Waals surface area contributed by atoms with Crippen LogP contribution in [0.5, 0.6) is 5.75 Å². The van der Waals surface area contributed by atoms with E-state index in [0.717, 1.165) is 5.56 Å². The highest BCUT2D eigenvalue weighted by Crippen LogP contribution is 2.22. The van der Waals surface area contributed by atoms with Gasteiger partial charge in [-0.2, -0.15) is 0 Å². The number of benzene rings is 2. The van der Waals surface area contributed by atoms with Gasteiger partial charge in [0, 0.05) is 19.2 Å². The summed E-state index contributed by atoms with van der Waals surface area (Å²) in [5.41, 5.74) is 8.05. The highest BCUT2D eigenvalue weighted by atomic mass is 16.5. The van der Waals surface area contributed by atoms with E-state index >= 15 is 0 Å². The summed E-state index contributed by atoms with van der Waals surface area (Å²) in [4.78, 5) is 25.0. The zero-order chi connectivity index (χ0) is 19.3. The summed E-state index contributed by atoms with van der Waals surface area (Å²) in [6, 6.07) is 15.0. The zero-order valence-electron chi connectivity index (χ0n) is 15.8. The predicted molar refractivity (Wildman–Crippen MR) is 102 cm³/mol. The third-order valence-electron chi connectivity index (χ3n) is 4.07. The van der Waals surface area contributed by atoms with Gasteiger partial charge in [0.1, 0.15) is 5.75 Å². The molecule has 0 saturated heterocycles. The quantitative estimate of drug-likeness (QED) is 0.866. The first-order valence-corrected chi connectivity index (χ1v) is 8.53. The number of nitrogens with zero attached hydrogens (tertiary/aromatic N) is 1. The average molecular weight is 354 g/mol. The van der Waals surface area contributed by atoms with Gasteiger partial charge in [-0.15, -0.1) is 0 Å². The molecule has 0 saturated carbocycles. The Morgan fingerprint density at radius 3 is 2.08 bits per heavy atom. The molecule has 5 heteroatoms. The van der Waals surface area contributed by atoms with Crippen LogP contribution in [0.1, 0.15) is 42.3 Å². The Kier molecular flexibility index (Phi) is 6.03. The van der Waals surface area contributed by atoms with E-state index in [0.29, 0.717) is 17.9 Å². The SMILES string of the molecule is CN(Cc1ccc(C(C)(C)C)cc1)C(=O)c1ccc(OCC(N)=O)cc1. The largest absolute Gasteiger partial charge is 0.484 e. The summed E-state index contributed by atoms with van der Waals surface area (Å²) in [7, 11) is 1.78. The Hall–Kier alpha value is -2.82. The van der Waals surface area contributed by atoms with Crippen LogP contribution in [-0.4, -0.2) is 30.4 Å². The number of carbonyl (C=O) groups excluding carboxylic acids is 2. The van der Waals surface area contributed by atoms with Crippen molar-refractivity contribution < 1.29 is 14.3 Å². The van der Waals surface area contributed by atoms with Crippen LogP contribution < -0.4 is 10.5 Å². The monoisotopic (exact) mass is 354 g/mol. The fraction of sp³-hybridized carbons (Fsp3) is 0.333. The van der Waals surface area contributed by atoms with Gasteiger partial charge in [-0.25, -0.2) is 0 Å². The molecule has 2 amide bonds. The van der Waals surface area contributed by atoms with Crippen LogP contribution in [0.15, 0.2) is 48.5 Å². The van der Waals surface area contributed by atoms with Crippen molar-refractivity contribution in [2.75, 3.05) is 13.7 Å². The molecule has 2 aromatic carbocycles. The third kappa shape index (κ3) is 5.34. The number of ether oxygens (including phenoxy) is 1. The van der Waals surface area contributed by atoms with Crippen molar-refractivity contribution in [2.24, 2.45) is 5.73 Å². The van der Waals surface area contributed by atoms with Crippen molar-refractivity contribution >= 4 is 11.8 Å². The topological polar surface area (TPSA) is 72.6 Å². The summed E-state index contributed by atoms with van der Waals surface area (Å²) in [5, 5.41) is 0. The first-order chi connectivity index (χ1) is 12.2. The van der Waals surface area contributed by atoms with Gasteiger partial charge in [0.05, 0.1) is 0 Å². The minimum atomic E-state index is -0.539. The molecule has 0 aliphatic carbocycles. The van der Waals surface area contributed by atoms with Crippen LogP contribution in [0.3, 0.4) is 0 Å². The van der Waals surface area contributed by atoms with Crippen LogP contribution in [0.2, 0.25) is 0 Å². The van der Waals surface area contributed by atoms with Crippen LogP contribution in [0.25, 0.3) is 0 Å². The highest BCUT2D eigenvalue weighted by Gasteiger charge is 2.15. The van der Waals surface area contributed by atoms with Gasteiger partial charge in [-0.05, 0) is 40.8 Å². The van der Waals surface area contributed by atoms with Crippen molar-refractivity contribution in [3.05, 3.63) is 65.2 Å². The van der Waals surface area contributed by atoms with Crippen molar-refractivity contribution in [3.63, 3.8) is 0 Å². The number of rotatable bonds is 6. The molecule has 5 nitrogen and oxygen atoms in total. The fourth-order valence-corrected chi connectivity index (χ4v) is 2.52. The van der Waals surface area contributed by atoms with Crippen molar-refractivity contribution in [2.45, 2.75) is 32.7 Å². The molecule has 0 atom stereocenters. The van der Waals surface area contributed by atoms with Crippen molar-refractivity contribution in [1.29, 1.82) is 0 Å². The Morgan fingerprint density at radius 2 is 1.58 bits per heavy atom. The van der Waals surface area contributed by atoms with Gasteiger partial charge in [-0.1, -0.05) is 45.0 Å². The maximum Gasteiger partial charge on any atom is 0.255 e. The molecule has 0 bridgehead atoms. The smallest absolute Gasteiger partial charge is 0.255 e. The summed E-state index contributed by atoms with van der Waals surface area (Å²) >= 11 is 0. The second-order valence-corrected chi connectivity index (χ2v) is 7.39. The van der Waals surface area contributed by atoms with E-state index < -0.39 is 5.91 Å². The number of hydrogen-bond donors (Lipinski definition) is 1. The summed E-state index contributed by atoms with van der Waals surface area (Å²) in [6.07, 6.45) is 0. The first-order valence-electron chi connectivity index (χ1n) is 8.53. The molecule has 2 N–H and O–H groups in total. The van der Waals surface area contributed by atoms with Crippen LogP contribution in [0, 0.1) is 0 Å². The molecule has 26 heavy (non-hydrogen) atoms. The molecule has 0 heterocycles. The lowest BCUT2D eigenvalue weighted by molar-refractivity contribution is -0.119. The molecule has 0 radical (unpaired) electrons. The van der Waals surface area contributed by atoms with E-state index in [2.05, 4.69) is 45.0 Å². The summed E-state index contributed by atoms with van der Waals surface area (Å²) < 4.78 is 5.20. The minimum absolute atomic E-state index is 0.0775. The van der Waals surface area contributed by atoms with Crippen LogP contribution in [0.4, 0.5) is 0 Å². The third-order valence-corrected chi connectivity index (χ3v) is 4.07. The molecule has 0 unspecified atom stereocenters. The lowest BCUT2D eigenvalue weighted by Gasteiger charge is -2.21. The molecule has 2 rings (SSSR count). The Morgan fingerprint density at radius 1 is 1.00 bits per heavy atom. The maximum absolute atomic E-state index is 12.6. The molecule has 0 spiro atoms. The van der Waals surface area contributed by atoms with Crippen molar-refractivity contribution in [3.8, 4) is 5.75 Å². The Balaban J connectivity index is 1.99. The fourth-order valence-electron chi connectivity index (χ4n) is 2.52. The van der Waals surface area contributed by atoms with Crippen LogP contribution >= 0.6 is 0 Å². The van der Waals surface area contributed by atoms with E-state index in [9.17, 15) is 9.59 Å². The maximum atomic E-state index is 12.6. The Labute approximate surface area is 154 Å². The molecular weight excluding hydrogens is 328 g/mol. The average Bonchev–Trinajstić information content (AvgIpc) is 2.59. The zero-order valence-corrected chi connectivity index (χ0v) is 15.8. The van der Waals surface area contributed by atoms with E-state index in [1.165, 1.54) is 5.56 Å². The molecule has 0 aromatic heterocycles. The summed E-state index contributed by atoms with van der Waals surface area (Å²) in [6.45, 7) is 6.87. The van der Waals surface area contributed by atoms with Gasteiger partial charge in [-0.3, -0.25) is 9.59 Å². The lowest BCUT2D eigenvalue weighted by atomic mass is 9.87. The standard InChI is InChI=1S/C21H26N2O3/c1-21(2,3)17-9-5-15(6-10-17)13-23(4)20(25)16-7-11-18(12-8-16)26-14-19(22)24/h5-12H,13-14H2,1-4H3,(H2,22,24). The van der Waals surface area contributed by atoms with Gasteiger partial charge < -0.3 is 15.4 Å². The Bertz CT molecular complexity index is 759. The lowest BCUT2D eigenvalue weighted by Crippen LogP contribution is -2.26. The number of hydrogen-bond acceptors (Lipinski definition) is 3. The van der Waals surface area contributed by atoms with E-state index in [4.69, 9.17) is 10.5 Å². The molecule has 0 fully saturated rings. The first kappa shape index (κ1) is 19.5. The molecule has 2 aromatic rings. The molecule has 0 aliphatic heterocycles. The normalized spacial score (nSPS) is 11.1. The second-order valence-electron chi connectivity index (χ2n) is 7.39. The number of nitrogens with two attached hydrogens (primary N) is 1. The predicted octanol–water partition coefficient (Wildman–Crippen LogP) is 3.12. The number of primary amides is 1. The van der Waals surface area contributed by atoms with E-state index in [-0.39, 0.29) is 17.9 Å². The molecular formula is C21H26N2O3. The van der Waals surface area contributed by atoms with Crippen LogP contribution in [-0.2, 0) is 16.8 Å². The van der Waals surface area contributed by atoms with Gasteiger partial charge in [0.15, 0.2) is 6.61 Å². The van der Waals surface area contributed by atoms with Gasteiger partial charge >= 0.3 is 0 Å².